The monoisotopic (exact) mass is 276 g/mol. The van der Waals surface area contributed by atoms with Crippen LogP contribution in [0, 0.1) is 0 Å². The van der Waals surface area contributed by atoms with Crippen LogP contribution in [0.25, 0.3) is 0 Å². The molecule has 6 heteroatoms. The van der Waals surface area contributed by atoms with Gasteiger partial charge in [0.05, 0.1) is 11.0 Å². The van der Waals surface area contributed by atoms with E-state index in [1.54, 1.807) is 0 Å². The van der Waals surface area contributed by atoms with Gasteiger partial charge >= 0.3 is 6.18 Å². The molecule has 84 valence electrons. The molecule has 0 radical (unpaired) electrons. The molecule has 15 heavy (non-hydrogen) atoms. The Morgan fingerprint density at radius 2 is 2.00 bits per heavy atom. The highest BCUT2D eigenvalue weighted by Crippen LogP contribution is 2.48. The molecule has 1 aliphatic carbocycles. The van der Waals surface area contributed by atoms with Crippen LogP contribution in [0.3, 0.4) is 0 Å². The maximum Gasteiger partial charge on any atom is 0.414 e. The van der Waals surface area contributed by atoms with Gasteiger partial charge < -0.3 is 0 Å². The van der Waals surface area contributed by atoms with E-state index < -0.39 is 22.0 Å². The normalized spacial score (nSPS) is 31.3. The van der Waals surface area contributed by atoms with E-state index in [-0.39, 0.29) is 5.03 Å². The van der Waals surface area contributed by atoms with Crippen molar-refractivity contribution in [1.29, 1.82) is 0 Å². The molecule has 0 N–H and O–H groups in total. The van der Waals surface area contributed by atoms with Crippen molar-refractivity contribution in [1.82, 2.24) is 0 Å². The van der Waals surface area contributed by atoms with Crippen molar-refractivity contribution >= 4 is 34.8 Å². The first-order valence-electron chi connectivity index (χ1n) is 3.84. The van der Waals surface area contributed by atoms with E-state index in [1.807, 2.05) is 0 Å². The Morgan fingerprint density at radius 1 is 1.47 bits per heavy atom. The van der Waals surface area contributed by atoms with Crippen LogP contribution in [0.5, 0.6) is 0 Å². The SMILES string of the molecule is C=C(C(F)(F)F)C1(Cl)C(Cl)=CC=CC1Cl. The molecule has 2 unspecified atom stereocenters. The fourth-order valence-electron chi connectivity index (χ4n) is 1.14. The smallest absolute Gasteiger partial charge is 0.166 e. The van der Waals surface area contributed by atoms with Gasteiger partial charge in [-0.15, -0.1) is 23.2 Å². The second-order valence-electron chi connectivity index (χ2n) is 2.99. The highest BCUT2D eigenvalue weighted by Gasteiger charge is 2.52. The summed E-state index contributed by atoms with van der Waals surface area (Å²) in [6, 6.07) is 0. The van der Waals surface area contributed by atoms with Crippen molar-refractivity contribution in [3.8, 4) is 0 Å². The third-order valence-electron chi connectivity index (χ3n) is 2.03. The standard InChI is InChI=1S/C9H6Cl3F3/c1-5(9(13,14)15)8(12)6(10)3-2-4-7(8)11/h2-4,6H,1H2. The second kappa shape index (κ2) is 4.04. The summed E-state index contributed by atoms with van der Waals surface area (Å²) in [5.74, 6) is 0. The third kappa shape index (κ3) is 2.19. The van der Waals surface area contributed by atoms with E-state index in [0.717, 1.165) is 0 Å². The van der Waals surface area contributed by atoms with Crippen LogP contribution in [0.2, 0.25) is 0 Å². The summed E-state index contributed by atoms with van der Waals surface area (Å²) < 4.78 is 37.4. The minimum Gasteiger partial charge on any atom is -0.166 e. The molecule has 1 aliphatic rings. The summed E-state index contributed by atoms with van der Waals surface area (Å²) in [5, 5.41) is -1.26. The molecule has 0 heterocycles. The lowest BCUT2D eigenvalue weighted by molar-refractivity contribution is -0.0953. The van der Waals surface area contributed by atoms with Gasteiger partial charge in [-0.05, 0) is 6.08 Å². The molecule has 0 aromatic heterocycles. The van der Waals surface area contributed by atoms with Crippen molar-refractivity contribution in [3.05, 3.63) is 35.4 Å². The minimum atomic E-state index is -4.63. The molecule has 0 amide bonds. The van der Waals surface area contributed by atoms with E-state index in [4.69, 9.17) is 34.8 Å². The molecule has 0 saturated carbocycles. The van der Waals surface area contributed by atoms with Gasteiger partial charge in [0.15, 0.2) is 0 Å². The summed E-state index contributed by atoms with van der Waals surface area (Å²) in [4.78, 5) is -2.00. The maximum atomic E-state index is 12.5. The highest BCUT2D eigenvalue weighted by atomic mass is 35.5. The van der Waals surface area contributed by atoms with Gasteiger partial charge in [0, 0.05) is 5.03 Å². The molecule has 0 aromatic carbocycles. The molecular weight excluding hydrogens is 271 g/mol. The largest absolute Gasteiger partial charge is 0.414 e. The quantitative estimate of drug-likeness (QED) is 0.493. The Kier molecular flexibility index (Phi) is 3.49. The second-order valence-corrected chi connectivity index (χ2v) is 4.46. The summed E-state index contributed by atoms with van der Waals surface area (Å²) in [7, 11) is 0. The van der Waals surface area contributed by atoms with Gasteiger partial charge in [-0.2, -0.15) is 13.2 Å². The van der Waals surface area contributed by atoms with E-state index >= 15 is 0 Å². The van der Waals surface area contributed by atoms with Gasteiger partial charge in [0.25, 0.3) is 0 Å². The number of halogens is 6. The summed E-state index contributed by atoms with van der Waals surface area (Å²) in [6.45, 7) is 2.92. The van der Waals surface area contributed by atoms with Crippen molar-refractivity contribution < 1.29 is 13.2 Å². The molecule has 0 nitrogen and oxygen atoms in total. The van der Waals surface area contributed by atoms with Gasteiger partial charge in [-0.25, -0.2) is 0 Å². The highest BCUT2D eigenvalue weighted by molar-refractivity contribution is 6.45. The van der Waals surface area contributed by atoms with Crippen molar-refractivity contribution in [2.24, 2.45) is 0 Å². The maximum absolute atomic E-state index is 12.5. The topological polar surface area (TPSA) is 0 Å². The predicted molar refractivity (Wildman–Crippen MR) is 56.5 cm³/mol. The fraction of sp³-hybridized carbons (Fsp3) is 0.333. The third-order valence-corrected chi connectivity index (χ3v) is 3.80. The van der Waals surface area contributed by atoms with Crippen LogP contribution < -0.4 is 0 Å². The summed E-state index contributed by atoms with van der Waals surface area (Å²) in [6.07, 6.45) is -0.583. The first kappa shape index (κ1) is 12.9. The molecule has 0 spiro atoms. The Morgan fingerprint density at radius 3 is 2.40 bits per heavy atom. The molecule has 0 aliphatic heterocycles. The Balaban J connectivity index is 3.16. The molecule has 0 bridgehead atoms. The number of hydrogen-bond acceptors (Lipinski definition) is 0. The summed E-state index contributed by atoms with van der Waals surface area (Å²) in [5.41, 5.74) is -1.16. The van der Waals surface area contributed by atoms with E-state index in [1.165, 1.54) is 18.2 Å². The minimum absolute atomic E-state index is 0.186. The van der Waals surface area contributed by atoms with Crippen molar-refractivity contribution in [2.75, 3.05) is 0 Å². The lowest BCUT2D eigenvalue weighted by atomic mass is 9.91. The van der Waals surface area contributed by atoms with E-state index in [0.29, 0.717) is 0 Å². The predicted octanol–water partition coefficient (Wildman–Crippen LogP) is 4.38. The average molecular weight is 278 g/mol. The number of rotatable bonds is 1. The lowest BCUT2D eigenvalue weighted by Gasteiger charge is -2.34. The Labute approximate surface area is 100.0 Å². The number of hydrogen-bond donors (Lipinski definition) is 0. The summed E-state index contributed by atoms with van der Waals surface area (Å²) >= 11 is 17.2. The molecule has 0 fully saturated rings. The zero-order valence-electron chi connectivity index (χ0n) is 7.28. The molecule has 2 atom stereocenters. The van der Waals surface area contributed by atoms with Gasteiger partial charge in [0.2, 0.25) is 0 Å². The van der Waals surface area contributed by atoms with Gasteiger partial charge in [-0.1, -0.05) is 30.3 Å². The van der Waals surface area contributed by atoms with Gasteiger partial charge in [-0.3, -0.25) is 0 Å². The van der Waals surface area contributed by atoms with Crippen LogP contribution >= 0.6 is 34.8 Å². The first-order valence-corrected chi connectivity index (χ1v) is 5.04. The van der Waals surface area contributed by atoms with Gasteiger partial charge in [0.1, 0.15) is 4.87 Å². The van der Waals surface area contributed by atoms with Crippen molar-refractivity contribution in [2.45, 2.75) is 16.4 Å². The van der Waals surface area contributed by atoms with Crippen LogP contribution in [-0.4, -0.2) is 16.4 Å². The van der Waals surface area contributed by atoms with Crippen LogP contribution in [0.4, 0.5) is 13.2 Å². The van der Waals surface area contributed by atoms with Crippen LogP contribution in [0.1, 0.15) is 0 Å². The molecule has 1 rings (SSSR count). The molecule has 0 aromatic rings. The zero-order valence-corrected chi connectivity index (χ0v) is 9.55. The molecule has 0 saturated heterocycles. The fourth-order valence-corrected chi connectivity index (χ4v) is 2.08. The van der Waals surface area contributed by atoms with Crippen molar-refractivity contribution in [3.63, 3.8) is 0 Å². The van der Waals surface area contributed by atoms with Crippen LogP contribution in [0.15, 0.2) is 35.4 Å². The number of alkyl halides is 5. The number of allylic oxidation sites excluding steroid dienone is 5. The lowest BCUT2D eigenvalue weighted by Crippen LogP contribution is -2.41. The van der Waals surface area contributed by atoms with Crippen LogP contribution in [-0.2, 0) is 0 Å². The Bertz CT molecular complexity index is 343. The van der Waals surface area contributed by atoms with E-state index in [2.05, 4.69) is 6.58 Å². The molecular formula is C9H6Cl3F3. The average Bonchev–Trinajstić information content (AvgIpc) is 2.11. The van der Waals surface area contributed by atoms with E-state index in [9.17, 15) is 13.2 Å². The Hall–Kier alpha value is -0.120. The first-order chi connectivity index (χ1) is 6.70. The zero-order chi connectivity index (χ0) is 11.9.